The Morgan fingerprint density at radius 3 is 2.59 bits per heavy atom. The summed E-state index contributed by atoms with van der Waals surface area (Å²) in [5, 5.41) is 0. The molecule has 154 valence electrons. The van der Waals surface area contributed by atoms with Gasteiger partial charge in [-0.15, -0.1) is 12.4 Å². The van der Waals surface area contributed by atoms with Crippen LogP contribution in [0.5, 0.6) is 0 Å². The largest absolute Gasteiger partial charge is 0.334 e. The lowest BCUT2D eigenvalue weighted by atomic mass is 9.92. The number of benzene rings is 1. The fourth-order valence-corrected chi connectivity index (χ4v) is 5.05. The minimum Gasteiger partial charge on any atom is -0.334 e. The van der Waals surface area contributed by atoms with E-state index < -0.39 is 15.6 Å². The van der Waals surface area contributed by atoms with Crippen molar-refractivity contribution in [2.24, 2.45) is 11.7 Å². The van der Waals surface area contributed by atoms with Gasteiger partial charge in [-0.2, -0.15) is 0 Å². The molecule has 8 heteroatoms. The Balaban J connectivity index is 0.00000364. The summed E-state index contributed by atoms with van der Waals surface area (Å²) in [5.41, 5.74) is 6.44. The first kappa shape index (κ1) is 23.9. The molecule has 1 aliphatic rings. The van der Waals surface area contributed by atoms with Gasteiger partial charge in [0.05, 0.1) is 5.75 Å². The molecule has 0 radical (unpaired) electrons. The van der Waals surface area contributed by atoms with Crippen LogP contribution in [-0.4, -0.2) is 43.9 Å². The topological polar surface area (TPSA) is 92.5 Å². The van der Waals surface area contributed by atoms with Crippen LogP contribution in [0.2, 0.25) is 0 Å². The lowest BCUT2D eigenvalue weighted by Crippen LogP contribution is -2.49. The van der Waals surface area contributed by atoms with Gasteiger partial charge in [-0.05, 0) is 57.2 Å². The fourth-order valence-electron chi connectivity index (χ4n) is 3.42. The zero-order chi connectivity index (χ0) is 19.5. The van der Waals surface area contributed by atoms with Crippen LogP contribution >= 0.6 is 12.4 Å². The standard InChI is InChI=1S/C19H31N3O3S.ClH/c1-14-8-9-22(17(10-14)12-20)18(23)16-7-5-6-15(11-16)13-26(24,25)21-19(2,3)4;/h5-7,11,14,17,21H,8-10,12-13,20H2,1-4H3;1H. The molecule has 6 nitrogen and oxygen atoms in total. The van der Waals surface area contributed by atoms with Crippen LogP contribution in [-0.2, 0) is 15.8 Å². The van der Waals surface area contributed by atoms with E-state index in [9.17, 15) is 13.2 Å². The van der Waals surface area contributed by atoms with Crippen molar-refractivity contribution in [3.8, 4) is 0 Å². The molecular formula is C19H32ClN3O3S. The molecule has 2 unspecified atom stereocenters. The molecule has 1 aromatic rings. The van der Waals surface area contributed by atoms with Crippen LogP contribution in [0.15, 0.2) is 24.3 Å². The summed E-state index contributed by atoms with van der Waals surface area (Å²) in [4.78, 5) is 14.8. The number of rotatable bonds is 5. The van der Waals surface area contributed by atoms with Crippen molar-refractivity contribution in [3.05, 3.63) is 35.4 Å². The number of sulfonamides is 1. The number of piperidine rings is 1. The molecule has 0 saturated carbocycles. The molecule has 0 bridgehead atoms. The minimum atomic E-state index is -3.48. The first-order valence-electron chi connectivity index (χ1n) is 9.12. The summed E-state index contributed by atoms with van der Waals surface area (Å²) in [6.45, 7) is 8.71. The number of carbonyl (C=O) groups excluding carboxylic acids is 1. The van der Waals surface area contributed by atoms with Crippen molar-refractivity contribution < 1.29 is 13.2 Å². The average molecular weight is 418 g/mol. The van der Waals surface area contributed by atoms with E-state index in [1.807, 2.05) is 4.90 Å². The summed E-state index contributed by atoms with van der Waals surface area (Å²) < 4.78 is 27.3. The summed E-state index contributed by atoms with van der Waals surface area (Å²) in [5.74, 6) is 0.339. The van der Waals surface area contributed by atoms with Gasteiger partial charge in [0.2, 0.25) is 10.0 Å². The summed E-state index contributed by atoms with van der Waals surface area (Å²) in [6, 6.07) is 6.93. The highest BCUT2D eigenvalue weighted by atomic mass is 35.5. The number of nitrogens with one attached hydrogen (secondary N) is 1. The Labute approximate surface area is 169 Å². The van der Waals surface area contributed by atoms with Crippen LogP contribution in [0.4, 0.5) is 0 Å². The van der Waals surface area contributed by atoms with E-state index in [4.69, 9.17) is 5.73 Å². The maximum absolute atomic E-state index is 12.9. The number of nitrogens with two attached hydrogens (primary N) is 1. The summed E-state index contributed by atoms with van der Waals surface area (Å²) in [6.07, 6.45) is 1.87. The van der Waals surface area contributed by atoms with Crippen molar-refractivity contribution in [1.29, 1.82) is 0 Å². The molecule has 1 heterocycles. The van der Waals surface area contributed by atoms with Gasteiger partial charge in [-0.1, -0.05) is 19.1 Å². The Morgan fingerprint density at radius 2 is 2.00 bits per heavy atom. The maximum atomic E-state index is 12.9. The monoisotopic (exact) mass is 417 g/mol. The molecule has 3 N–H and O–H groups in total. The van der Waals surface area contributed by atoms with Crippen molar-refractivity contribution >= 4 is 28.3 Å². The molecular weight excluding hydrogens is 386 g/mol. The number of hydrogen-bond acceptors (Lipinski definition) is 4. The zero-order valence-electron chi connectivity index (χ0n) is 16.6. The van der Waals surface area contributed by atoms with Gasteiger partial charge in [0.15, 0.2) is 0 Å². The highest BCUT2D eigenvalue weighted by Gasteiger charge is 2.29. The SMILES string of the molecule is CC1CCN(C(=O)c2cccc(CS(=O)(=O)NC(C)(C)C)c2)C(CN)C1.Cl. The highest BCUT2D eigenvalue weighted by molar-refractivity contribution is 7.88. The number of amides is 1. The van der Waals surface area contributed by atoms with E-state index >= 15 is 0 Å². The first-order chi connectivity index (χ1) is 12.0. The van der Waals surface area contributed by atoms with Crippen LogP contribution in [0.1, 0.15) is 56.5 Å². The van der Waals surface area contributed by atoms with Crippen molar-refractivity contribution in [2.75, 3.05) is 13.1 Å². The van der Waals surface area contributed by atoms with E-state index in [0.29, 0.717) is 30.1 Å². The number of hydrogen-bond donors (Lipinski definition) is 2. The van der Waals surface area contributed by atoms with Crippen LogP contribution in [0, 0.1) is 5.92 Å². The van der Waals surface area contributed by atoms with Crippen molar-refractivity contribution in [1.82, 2.24) is 9.62 Å². The van der Waals surface area contributed by atoms with E-state index in [0.717, 1.165) is 12.8 Å². The number of carbonyl (C=O) groups is 1. The molecule has 1 aliphatic heterocycles. The van der Waals surface area contributed by atoms with Gasteiger partial charge in [0.1, 0.15) is 0 Å². The second-order valence-electron chi connectivity index (χ2n) is 8.33. The maximum Gasteiger partial charge on any atom is 0.254 e. The quantitative estimate of drug-likeness (QED) is 0.769. The van der Waals surface area contributed by atoms with Gasteiger partial charge in [-0.25, -0.2) is 13.1 Å². The molecule has 2 atom stereocenters. The molecule has 27 heavy (non-hydrogen) atoms. The minimum absolute atomic E-state index is 0. The van der Waals surface area contributed by atoms with E-state index in [2.05, 4.69) is 11.6 Å². The first-order valence-corrected chi connectivity index (χ1v) is 10.8. The van der Waals surface area contributed by atoms with E-state index in [1.54, 1.807) is 45.0 Å². The molecule has 1 aromatic carbocycles. The van der Waals surface area contributed by atoms with E-state index in [1.165, 1.54) is 0 Å². The van der Waals surface area contributed by atoms with Crippen LogP contribution in [0.25, 0.3) is 0 Å². The number of likely N-dealkylation sites (tertiary alicyclic amines) is 1. The fraction of sp³-hybridized carbons (Fsp3) is 0.632. The third-order valence-corrected chi connectivity index (χ3v) is 6.14. The van der Waals surface area contributed by atoms with Crippen LogP contribution < -0.4 is 10.5 Å². The lowest BCUT2D eigenvalue weighted by Gasteiger charge is -2.38. The Kier molecular flexibility index (Phi) is 8.29. The molecule has 2 rings (SSSR count). The smallest absolute Gasteiger partial charge is 0.254 e. The molecule has 1 amide bonds. The molecule has 0 aliphatic carbocycles. The molecule has 1 saturated heterocycles. The van der Waals surface area contributed by atoms with Gasteiger partial charge >= 0.3 is 0 Å². The molecule has 0 aromatic heterocycles. The second kappa shape index (κ2) is 9.37. The predicted octanol–water partition coefficient (Wildman–Crippen LogP) is 2.53. The normalized spacial score (nSPS) is 20.9. The van der Waals surface area contributed by atoms with Gasteiger partial charge in [0.25, 0.3) is 5.91 Å². The van der Waals surface area contributed by atoms with Crippen molar-refractivity contribution in [2.45, 2.75) is 57.9 Å². The summed E-state index contributed by atoms with van der Waals surface area (Å²) >= 11 is 0. The third kappa shape index (κ3) is 7.07. The predicted molar refractivity (Wildman–Crippen MR) is 111 cm³/mol. The summed E-state index contributed by atoms with van der Waals surface area (Å²) in [7, 11) is -3.48. The number of halogens is 1. The number of nitrogens with zero attached hydrogens (tertiary/aromatic N) is 1. The van der Waals surface area contributed by atoms with Gasteiger partial charge in [-0.3, -0.25) is 4.79 Å². The Morgan fingerprint density at radius 1 is 1.33 bits per heavy atom. The van der Waals surface area contributed by atoms with Crippen molar-refractivity contribution in [3.63, 3.8) is 0 Å². The molecule has 0 spiro atoms. The lowest BCUT2D eigenvalue weighted by molar-refractivity contribution is 0.0573. The average Bonchev–Trinajstić information content (AvgIpc) is 2.51. The Bertz CT molecular complexity index is 747. The van der Waals surface area contributed by atoms with Crippen LogP contribution in [0.3, 0.4) is 0 Å². The van der Waals surface area contributed by atoms with Gasteiger partial charge in [0, 0.05) is 30.2 Å². The zero-order valence-corrected chi connectivity index (χ0v) is 18.2. The Hall–Kier alpha value is -1.15. The van der Waals surface area contributed by atoms with E-state index in [-0.39, 0.29) is 30.1 Å². The second-order valence-corrected chi connectivity index (χ2v) is 10.1. The highest BCUT2D eigenvalue weighted by Crippen LogP contribution is 2.24. The third-order valence-electron chi connectivity index (χ3n) is 4.50. The van der Waals surface area contributed by atoms with Gasteiger partial charge < -0.3 is 10.6 Å². The molecule has 1 fully saturated rings.